The van der Waals surface area contributed by atoms with Gasteiger partial charge in [0.2, 0.25) is 5.43 Å². The maximum absolute atomic E-state index is 11.5. The van der Waals surface area contributed by atoms with Crippen molar-refractivity contribution in [1.82, 2.24) is 8.75 Å². The van der Waals surface area contributed by atoms with E-state index < -0.39 is 0 Å². The summed E-state index contributed by atoms with van der Waals surface area (Å²) in [4.78, 5) is 11.5. The first-order valence-corrected chi connectivity index (χ1v) is 4.97. The van der Waals surface area contributed by atoms with Crippen molar-refractivity contribution >= 4 is 23.3 Å². The van der Waals surface area contributed by atoms with Gasteiger partial charge in [-0.05, 0) is 0 Å². The Balaban J connectivity index is 2.64. The van der Waals surface area contributed by atoms with Gasteiger partial charge < -0.3 is 0 Å². The lowest BCUT2D eigenvalue weighted by Crippen LogP contribution is -2.07. The van der Waals surface area contributed by atoms with Crippen LogP contribution in [0.3, 0.4) is 0 Å². The van der Waals surface area contributed by atoms with Crippen LogP contribution in [0.1, 0.15) is 0 Å². The molecule has 0 amide bonds. The van der Waals surface area contributed by atoms with Crippen molar-refractivity contribution in [2.45, 2.75) is 0 Å². The average Bonchev–Trinajstić information content (AvgIpc) is 2.23. The van der Waals surface area contributed by atoms with Crippen molar-refractivity contribution < 1.29 is 0 Å². The summed E-state index contributed by atoms with van der Waals surface area (Å²) in [6, 6.07) is 9.19. The molecule has 0 fully saturated rings. The summed E-state index contributed by atoms with van der Waals surface area (Å²) in [6.07, 6.45) is 0. The number of nitrogens with zero attached hydrogens (tertiary/aromatic N) is 2. The molecule has 3 nitrogen and oxygen atoms in total. The second-order valence-electron chi connectivity index (χ2n) is 2.60. The Kier molecular flexibility index (Phi) is 2.56. The maximum Gasteiger partial charge on any atom is 0.244 e. The Morgan fingerprint density at radius 3 is 2.57 bits per heavy atom. The molecule has 70 valence electrons. The molecule has 2 rings (SSSR count). The fourth-order valence-electron chi connectivity index (χ4n) is 1.06. The largest absolute Gasteiger partial charge is 0.284 e. The summed E-state index contributed by atoms with van der Waals surface area (Å²) in [6.45, 7) is 0. The highest BCUT2D eigenvalue weighted by atomic mass is 35.5. The number of hydrogen-bond acceptors (Lipinski definition) is 4. The molecule has 0 aliphatic rings. The fraction of sp³-hybridized carbons (Fsp3) is 0. The van der Waals surface area contributed by atoms with E-state index in [0.29, 0.717) is 5.69 Å². The van der Waals surface area contributed by atoms with Crippen LogP contribution in [0.4, 0.5) is 0 Å². The molecule has 5 heteroatoms. The van der Waals surface area contributed by atoms with E-state index in [1.165, 1.54) is 0 Å². The van der Waals surface area contributed by atoms with Gasteiger partial charge in [0.25, 0.3) is 0 Å². The van der Waals surface area contributed by atoms with Gasteiger partial charge in [-0.1, -0.05) is 41.9 Å². The molecule has 0 atom stereocenters. The fourth-order valence-corrected chi connectivity index (χ4v) is 1.70. The van der Waals surface area contributed by atoms with Crippen molar-refractivity contribution in [3.63, 3.8) is 0 Å². The molecule has 0 bridgehead atoms. The van der Waals surface area contributed by atoms with E-state index in [0.717, 1.165) is 17.3 Å². The summed E-state index contributed by atoms with van der Waals surface area (Å²) in [7, 11) is 0. The minimum Gasteiger partial charge on any atom is -0.284 e. The zero-order chi connectivity index (χ0) is 9.97. The third-order valence-electron chi connectivity index (χ3n) is 1.70. The highest BCUT2D eigenvalue weighted by molar-refractivity contribution is 6.99. The summed E-state index contributed by atoms with van der Waals surface area (Å²) in [5, 5.41) is -0.0242. The zero-order valence-corrected chi connectivity index (χ0v) is 8.55. The molecule has 14 heavy (non-hydrogen) atoms. The standard InChI is InChI=1S/C9H5ClN2OS/c10-9-8(13)7(11-14-12-9)6-4-2-1-3-5-6/h1-5H. The van der Waals surface area contributed by atoms with Gasteiger partial charge in [-0.15, -0.1) is 0 Å². The molecule has 0 aliphatic heterocycles. The van der Waals surface area contributed by atoms with Crippen LogP contribution in [0.15, 0.2) is 35.1 Å². The van der Waals surface area contributed by atoms with Crippen LogP contribution in [0.2, 0.25) is 5.15 Å². The summed E-state index contributed by atoms with van der Waals surface area (Å²) in [5.74, 6) is 0. The van der Waals surface area contributed by atoms with Crippen molar-refractivity contribution in [3.8, 4) is 11.3 Å². The van der Waals surface area contributed by atoms with Gasteiger partial charge in [-0.25, -0.2) is 0 Å². The van der Waals surface area contributed by atoms with Gasteiger partial charge in [-0.2, -0.15) is 8.75 Å². The lowest BCUT2D eigenvalue weighted by Gasteiger charge is -1.96. The number of aromatic nitrogens is 2. The van der Waals surface area contributed by atoms with E-state index in [1.54, 1.807) is 0 Å². The molecule has 0 unspecified atom stereocenters. The average molecular weight is 225 g/mol. The van der Waals surface area contributed by atoms with Crippen LogP contribution in [0.25, 0.3) is 11.3 Å². The smallest absolute Gasteiger partial charge is 0.244 e. The zero-order valence-electron chi connectivity index (χ0n) is 6.98. The highest BCUT2D eigenvalue weighted by Crippen LogP contribution is 2.13. The van der Waals surface area contributed by atoms with Crippen LogP contribution in [-0.4, -0.2) is 8.75 Å². The second-order valence-corrected chi connectivity index (χ2v) is 3.49. The first kappa shape index (κ1) is 9.30. The molecule has 2 aromatic rings. The molecular formula is C9H5ClN2OS. The van der Waals surface area contributed by atoms with E-state index in [-0.39, 0.29) is 10.6 Å². The normalized spacial score (nSPS) is 10.1. The van der Waals surface area contributed by atoms with E-state index >= 15 is 0 Å². The Hall–Kier alpha value is -1.26. The highest BCUT2D eigenvalue weighted by Gasteiger charge is 2.07. The van der Waals surface area contributed by atoms with Crippen molar-refractivity contribution in [1.29, 1.82) is 0 Å². The molecule has 1 aromatic heterocycles. The first-order valence-electron chi connectivity index (χ1n) is 3.87. The molecule has 1 heterocycles. The first-order chi connectivity index (χ1) is 6.79. The van der Waals surface area contributed by atoms with Gasteiger partial charge in [0.15, 0.2) is 5.15 Å². The Bertz CT molecular complexity index is 498. The lowest BCUT2D eigenvalue weighted by molar-refractivity contribution is 1.35. The Morgan fingerprint density at radius 2 is 1.86 bits per heavy atom. The summed E-state index contributed by atoms with van der Waals surface area (Å²) in [5.41, 5.74) is 0.797. The lowest BCUT2D eigenvalue weighted by atomic mass is 10.1. The molecular weight excluding hydrogens is 220 g/mol. The minimum absolute atomic E-state index is 0.0242. The van der Waals surface area contributed by atoms with Crippen LogP contribution >= 0.6 is 23.3 Å². The maximum atomic E-state index is 11.5. The van der Waals surface area contributed by atoms with E-state index in [2.05, 4.69) is 8.75 Å². The van der Waals surface area contributed by atoms with Crippen LogP contribution < -0.4 is 5.43 Å². The minimum atomic E-state index is -0.323. The number of halogens is 1. The molecule has 0 saturated carbocycles. The molecule has 0 radical (unpaired) electrons. The van der Waals surface area contributed by atoms with Gasteiger partial charge in [0, 0.05) is 5.56 Å². The SMILES string of the molecule is O=c1c(Cl)nsnc1-c1ccccc1. The number of rotatable bonds is 1. The molecule has 0 N–H and O–H groups in total. The third kappa shape index (κ3) is 1.66. The van der Waals surface area contributed by atoms with E-state index in [1.807, 2.05) is 30.3 Å². The van der Waals surface area contributed by atoms with Gasteiger partial charge in [0.1, 0.15) is 5.69 Å². The van der Waals surface area contributed by atoms with Crippen molar-refractivity contribution in [2.75, 3.05) is 0 Å². The van der Waals surface area contributed by atoms with Gasteiger partial charge in [0.05, 0.1) is 11.7 Å². The molecule has 1 aromatic carbocycles. The third-order valence-corrected chi connectivity index (χ3v) is 2.59. The van der Waals surface area contributed by atoms with E-state index in [9.17, 15) is 4.79 Å². The molecule has 0 aliphatic carbocycles. The van der Waals surface area contributed by atoms with Crippen LogP contribution in [0, 0.1) is 0 Å². The summed E-state index contributed by atoms with van der Waals surface area (Å²) < 4.78 is 7.59. The Labute approximate surface area is 89.3 Å². The van der Waals surface area contributed by atoms with Gasteiger partial charge >= 0.3 is 0 Å². The van der Waals surface area contributed by atoms with Gasteiger partial charge in [-0.3, -0.25) is 4.79 Å². The number of hydrogen-bond donors (Lipinski definition) is 0. The number of benzene rings is 1. The quantitative estimate of drug-likeness (QED) is 0.746. The second kappa shape index (κ2) is 3.86. The predicted octanol–water partition coefficient (Wildman–Crippen LogP) is 2.22. The monoisotopic (exact) mass is 224 g/mol. The van der Waals surface area contributed by atoms with Crippen molar-refractivity contribution in [3.05, 3.63) is 45.7 Å². The predicted molar refractivity (Wildman–Crippen MR) is 56.6 cm³/mol. The topological polar surface area (TPSA) is 42.9 Å². The van der Waals surface area contributed by atoms with Crippen LogP contribution in [-0.2, 0) is 0 Å². The summed E-state index contributed by atoms with van der Waals surface area (Å²) >= 11 is 6.54. The van der Waals surface area contributed by atoms with Crippen LogP contribution in [0.5, 0.6) is 0 Å². The Morgan fingerprint density at radius 1 is 1.14 bits per heavy atom. The van der Waals surface area contributed by atoms with E-state index in [4.69, 9.17) is 11.6 Å². The van der Waals surface area contributed by atoms with Crippen molar-refractivity contribution in [2.24, 2.45) is 0 Å². The molecule has 0 saturated heterocycles. The molecule has 0 spiro atoms.